The van der Waals surface area contributed by atoms with Crippen LogP contribution in [0.2, 0.25) is 0 Å². The molecule has 1 aromatic heterocycles. The fourth-order valence-electron chi connectivity index (χ4n) is 3.01. The minimum Gasteiger partial charge on any atom is -0.419 e. The van der Waals surface area contributed by atoms with Crippen molar-refractivity contribution in [2.75, 3.05) is 13.2 Å². The molecule has 3 N–H and O–H groups in total. The highest BCUT2D eigenvalue weighted by molar-refractivity contribution is 7.85. The average Bonchev–Trinajstić information content (AvgIpc) is 2.84. The number of hydrogen-bond acceptors (Lipinski definition) is 7. The molecule has 0 radical (unpaired) electrons. The lowest BCUT2D eigenvalue weighted by Crippen LogP contribution is -2.18. The summed E-state index contributed by atoms with van der Waals surface area (Å²) >= 11 is 0. The Bertz CT molecular complexity index is 1200. The molecule has 2 aromatic carbocycles. The third-order valence-electron chi connectivity index (χ3n) is 4.76. The molecule has 34 heavy (non-hydrogen) atoms. The summed E-state index contributed by atoms with van der Waals surface area (Å²) in [6, 6.07) is 11.3. The summed E-state index contributed by atoms with van der Waals surface area (Å²) < 4.78 is 44.1. The molecule has 0 aliphatic rings. The van der Waals surface area contributed by atoms with Crippen molar-refractivity contribution in [2.45, 2.75) is 30.5 Å². The molecule has 0 bridgehead atoms. The van der Waals surface area contributed by atoms with Gasteiger partial charge < -0.3 is 10.1 Å². The van der Waals surface area contributed by atoms with Crippen molar-refractivity contribution < 1.29 is 17.7 Å². The number of benzene rings is 2. The largest absolute Gasteiger partial charge is 0.419 e. The molecule has 1 atom stereocenters. The number of nitrogens with one attached hydrogen (secondary N) is 3. The first-order valence-corrected chi connectivity index (χ1v) is 11.7. The van der Waals surface area contributed by atoms with E-state index < -0.39 is 35.1 Å². The van der Waals surface area contributed by atoms with Crippen LogP contribution in [-0.2, 0) is 22.1 Å². The fourth-order valence-corrected chi connectivity index (χ4v) is 3.96. The normalized spacial score (nSPS) is 11.9. The van der Waals surface area contributed by atoms with Crippen LogP contribution in [0.25, 0.3) is 11.3 Å². The number of aromatic nitrogens is 2. The van der Waals surface area contributed by atoms with Crippen LogP contribution >= 0.6 is 0 Å². The lowest BCUT2D eigenvalue weighted by Gasteiger charge is -2.11. The van der Waals surface area contributed by atoms with Gasteiger partial charge in [-0.1, -0.05) is 32.0 Å². The summed E-state index contributed by atoms with van der Waals surface area (Å²) in [4.78, 5) is 9.16. The quantitative estimate of drug-likeness (QED) is 0.239. The average molecular weight is 486 g/mol. The van der Waals surface area contributed by atoms with Crippen molar-refractivity contribution in [2.24, 2.45) is 0 Å². The van der Waals surface area contributed by atoms with Crippen molar-refractivity contribution in [3.05, 3.63) is 77.5 Å². The van der Waals surface area contributed by atoms with Gasteiger partial charge in [0.2, 0.25) is 11.8 Å². The zero-order chi connectivity index (χ0) is 24.7. The first kappa shape index (κ1) is 25.3. The molecule has 0 aliphatic carbocycles. The van der Waals surface area contributed by atoms with Gasteiger partial charge in [-0.2, -0.15) is 0 Å². The lowest BCUT2D eigenvalue weighted by molar-refractivity contribution is 0.466. The maximum atomic E-state index is 14.4. The molecule has 3 aromatic rings. The van der Waals surface area contributed by atoms with E-state index in [-0.39, 0.29) is 23.1 Å². The maximum absolute atomic E-state index is 14.4. The van der Waals surface area contributed by atoms with Gasteiger partial charge in [-0.15, -0.1) is 0 Å². The highest BCUT2D eigenvalue weighted by atomic mass is 32.2. The molecule has 10 heteroatoms. The Labute approximate surface area is 199 Å². The Morgan fingerprint density at radius 2 is 1.85 bits per heavy atom. The summed E-state index contributed by atoms with van der Waals surface area (Å²) in [6.07, 6.45) is 2.84. The van der Waals surface area contributed by atoms with Crippen LogP contribution in [-0.4, -0.2) is 44.4 Å². The van der Waals surface area contributed by atoms with Crippen LogP contribution < -0.4 is 5.32 Å². The monoisotopic (exact) mass is 485 g/mol. The predicted molar refractivity (Wildman–Crippen MR) is 128 cm³/mol. The van der Waals surface area contributed by atoms with E-state index >= 15 is 0 Å². The van der Waals surface area contributed by atoms with E-state index in [0.717, 1.165) is 0 Å². The van der Waals surface area contributed by atoms with Crippen molar-refractivity contribution in [3.8, 4) is 11.3 Å². The fraction of sp³-hybridized carbons (Fsp3) is 0.250. The van der Waals surface area contributed by atoms with Gasteiger partial charge in [0.15, 0.2) is 0 Å². The Kier molecular flexibility index (Phi) is 8.67. The molecule has 0 saturated carbocycles. The molecule has 0 spiro atoms. The van der Waals surface area contributed by atoms with E-state index in [1.807, 2.05) is 13.8 Å². The number of nitrogens with zero attached hydrogens (tertiary/aromatic N) is 2. The highest BCUT2D eigenvalue weighted by Gasteiger charge is 2.16. The van der Waals surface area contributed by atoms with E-state index in [1.165, 1.54) is 24.5 Å². The molecule has 178 valence electrons. The van der Waals surface area contributed by atoms with Crippen LogP contribution in [0.3, 0.4) is 0 Å². The van der Waals surface area contributed by atoms with E-state index in [2.05, 4.69) is 15.3 Å². The van der Waals surface area contributed by atoms with Gasteiger partial charge in [0.25, 0.3) is 0 Å². The summed E-state index contributed by atoms with van der Waals surface area (Å²) in [7, 11) is -1.11. The second-order valence-electron chi connectivity index (χ2n) is 7.60. The van der Waals surface area contributed by atoms with Gasteiger partial charge in [-0.3, -0.25) is 20.0 Å². The zero-order valence-corrected chi connectivity index (χ0v) is 19.6. The predicted octanol–water partition coefficient (Wildman–Crippen LogP) is 4.23. The minimum atomic E-state index is -1.11. The Morgan fingerprint density at radius 1 is 1.12 bits per heavy atom. The molecule has 0 fully saturated rings. The maximum Gasteiger partial charge on any atom is 0.241 e. The van der Waals surface area contributed by atoms with Gasteiger partial charge in [0.05, 0.1) is 34.5 Å². The van der Waals surface area contributed by atoms with Crippen molar-refractivity contribution in [1.82, 2.24) is 15.3 Å². The summed E-state index contributed by atoms with van der Waals surface area (Å²) in [5, 5.41) is 19.0. The van der Waals surface area contributed by atoms with Crippen molar-refractivity contribution in [3.63, 3.8) is 0 Å². The number of hydrogen-bond donors (Lipinski definition) is 3. The molecule has 7 nitrogen and oxygen atoms in total. The first-order chi connectivity index (χ1) is 16.3. The molecule has 0 amide bonds. The van der Waals surface area contributed by atoms with Gasteiger partial charge in [0, 0.05) is 28.8 Å². The number of halogens is 2. The molecular formula is C24H25F2N5O2S. The molecule has 3 rings (SSSR count). The first-order valence-electron chi connectivity index (χ1n) is 10.5. The van der Waals surface area contributed by atoms with Crippen molar-refractivity contribution in [1.29, 1.82) is 10.8 Å². The molecular weight excluding hydrogens is 460 g/mol. The van der Waals surface area contributed by atoms with E-state index in [4.69, 9.17) is 15.6 Å². The van der Waals surface area contributed by atoms with Gasteiger partial charge in [-0.25, -0.2) is 13.8 Å². The SMILES string of the molecule is CC(C)S(=O)c1ccc(-c2cncc(C(=N)OC(=N)c3ccc(CNCCF)cc3F)n2)cc1. The van der Waals surface area contributed by atoms with Crippen LogP contribution in [0.4, 0.5) is 8.78 Å². The molecule has 0 saturated heterocycles. The summed E-state index contributed by atoms with van der Waals surface area (Å²) in [5.41, 5.74) is 1.74. The Morgan fingerprint density at radius 3 is 2.50 bits per heavy atom. The summed E-state index contributed by atoms with van der Waals surface area (Å²) in [5.74, 6) is -1.68. The molecule has 1 unspecified atom stereocenters. The second-order valence-corrected chi connectivity index (χ2v) is 9.61. The standard InChI is InChI=1S/C24H25F2N5O2S/c1-15(2)34(32)18-6-4-17(5-7-18)21-13-30-14-22(31-21)24(28)33-23(27)19-8-3-16(11-20(19)26)12-29-10-9-25/h3-8,11,13-15,27-29H,9-10,12H2,1-2H3. The minimum absolute atomic E-state index is 0.000907. The lowest BCUT2D eigenvalue weighted by atomic mass is 10.1. The number of rotatable bonds is 9. The number of ether oxygens (including phenoxy) is 1. The van der Waals surface area contributed by atoms with Crippen molar-refractivity contribution >= 4 is 22.6 Å². The van der Waals surface area contributed by atoms with Gasteiger partial charge in [-0.05, 0) is 29.8 Å². The second kappa shape index (κ2) is 11.7. The van der Waals surface area contributed by atoms with E-state index in [9.17, 15) is 13.0 Å². The van der Waals surface area contributed by atoms with Crippen LogP contribution in [0.1, 0.15) is 30.7 Å². The Balaban J connectivity index is 1.71. The third kappa shape index (κ3) is 6.36. The van der Waals surface area contributed by atoms with E-state index in [1.54, 1.807) is 30.3 Å². The van der Waals surface area contributed by atoms with E-state index in [0.29, 0.717) is 28.3 Å². The van der Waals surface area contributed by atoms with Gasteiger partial charge in [0.1, 0.15) is 18.2 Å². The van der Waals surface area contributed by atoms with Crippen LogP contribution in [0, 0.1) is 16.6 Å². The zero-order valence-electron chi connectivity index (χ0n) is 18.8. The molecule has 0 aliphatic heterocycles. The molecule has 1 heterocycles. The third-order valence-corrected chi connectivity index (χ3v) is 6.35. The Hall–Kier alpha value is -3.37. The topological polar surface area (TPSA) is 112 Å². The van der Waals surface area contributed by atoms with Crippen LogP contribution in [0.5, 0.6) is 0 Å². The van der Waals surface area contributed by atoms with Gasteiger partial charge >= 0.3 is 0 Å². The smallest absolute Gasteiger partial charge is 0.241 e. The summed E-state index contributed by atoms with van der Waals surface area (Å²) in [6.45, 7) is 3.71. The number of alkyl halides is 1. The highest BCUT2D eigenvalue weighted by Crippen LogP contribution is 2.20. The van der Waals surface area contributed by atoms with Crippen LogP contribution in [0.15, 0.2) is 59.8 Å².